The van der Waals surface area contributed by atoms with Crippen molar-refractivity contribution in [3.05, 3.63) is 34.4 Å². The first-order valence-electron chi connectivity index (χ1n) is 13.4. The van der Waals surface area contributed by atoms with Crippen LogP contribution in [0.4, 0.5) is 0 Å². The third-order valence-corrected chi connectivity index (χ3v) is 7.16. The number of rotatable bonds is 14. The average Bonchev–Trinajstić information content (AvgIpc) is 2.73. The van der Waals surface area contributed by atoms with E-state index >= 15 is 0 Å². The number of carbonyl (C=O) groups is 2. The van der Waals surface area contributed by atoms with Crippen LogP contribution in [-0.4, -0.2) is 35.5 Å². The summed E-state index contributed by atoms with van der Waals surface area (Å²) in [5.74, 6) is 0.565. The van der Waals surface area contributed by atoms with Gasteiger partial charge < -0.3 is 9.64 Å². The fourth-order valence-corrected chi connectivity index (χ4v) is 4.85. The number of nitrogens with zero attached hydrogens (tertiary/aromatic N) is 1. The fraction of sp³-hybridized carbons (Fsp3) is 0.733. The maximum atomic E-state index is 13.2. The lowest BCUT2D eigenvalue weighted by Crippen LogP contribution is -2.48. The molecule has 0 fully saturated rings. The van der Waals surface area contributed by atoms with Crippen molar-refractivity contribution in [2.24, 2.45) is 11.3 Å². The van der Waals surface area contributed by atoms with Gasteiger partial charge in [-0.15, -0.1) is 0 Å². The molecule has 1 aromatic carbocycles. The minimum Gasteiger partial charge on any atom is -0.466 e. The first-order chi connectivity index (χ1) is 15.8. The lowest BCUT2D eigenvalue weighted by molar-refractivity contribution is -0.153. The van der Waals surface area contributed by atoms with Crippen LogP contribution >= 0.6 is 0 Å². The van der Waals surface area contributed by atoms with Crippen LogP contribution in [0.15, 0.2) is 12.1 Å². The summed E-state index contributed by atoms with van der Waals surface area (Å²) >= 11 is 0. The topological polar surface area (TPSA) is 46.6 Å². The Kier molecular flexibility index (Phi) is 11.8. The van der Waals surface area contributed by atoms with Gasteiger partial charge in [-0.1, -0.05) is 45.7 Å². The quantitative estimate of drug-likeness (QED) is 0.268. The van der Waals surface area contributed by atoms with Gasteiger partial charge in [0, 0.05) is 18.5 Å². The molecule has 0 aliphatic rings. The molecule has 4 heteroatoms. The highest BCUT2D eigenvalue weighted by Crippen LogP contribution is 2.29. The lowest BCUT2D eigenvalue weighted by atomic mass is 9.82. The average molecular weight is 474 g/mol. The maximum Gasteiger partial charge on any atom is 0.311 e. The van der Waals surface area contributed by atoms with Crippen molar-refractivity contribution in [2.45, 2.75) is 120 Å². The van der Waals surface area contributed by atoms with Crippen LogP contribution in [0.25, 0.3) is 0 Å². The molecule has 4 nitrogen and oxygen atoms in total. The summed E-state index contributed by atoms with van der Waals surface area (Å²) in [5, 5.41) is 0. The second kappa shape index (κ2) is 13.3. The zero-order chi connectivity index (χ0) is 26.1. The molecule has 0 radical (unpaired) electrons. The van der Waals surface area contributed by atoms with Gasteiger partial charge in [0.15, 0.2) is 0 Å². The summed E-state index contributed by atoms with van der Waals surface area (Å²) in [6.07, 6.45) is 6.32. The largest absolute Gasteiger partial charge is 0.466 e. The molecule has 34 heavy (non-hydrogen) atoms. The van der Waals surface area contributed by atoms with Gasteiger partial charge in [-0.3, -0.25) is 9.59 Å². The number of esters is 1. The summed E-state index contributed by atoms with van der Waals surface area (Å²) in [4.78, 5) is 27.7. The predicted octanol–water partition coefficient (Wildman–Crippen LogP) is 7.21. The van der Waals surface area contributed by atoms with Crippen LogP contribution < -0.4 is 0 Å². The van der Waals surface area contributed by atoms with E-state index in [0.717, 1.165) is 38.6 Å². The number of amides is 1. The minimum absolute atomic E-state index is 0.117. The van der Waals surface area contributed by atoms with Crippen LogP contribution in [0.2, 0.25) is 0 Å². The van der Waals surface area contributed by atoms with E-state index in [0.29, 0.717) is 25.4 Å². The Bertz CT molecular complexity index is 786. The van der Waals surface area contributed by atoms with Gasteiger partial charge in [0.1, 0.15) is 0 Å². The monoisotopic (exact) mass is 473 g/mol. The standard InChI is InChI=1S/C30H51NO3/c1-11-16-30(9,10)31(27(32)18-22(4)12-2)17-14-15-25-19-23(5)26(24(6)20-25)21-29(7,8)28(33)34-13-3/h19-20,22H,11-18,21H2,1-10H3. The molecule has 0 spiro atoms. The second-order valence-electron chi connectivity index (χ2n) is 11.4. The van der Waals surface area contributed by atoms with E-state index in [-0.39, 0.29) is 17.4 Å². The first kappa shape index (κ1) is 30.2. The molecule has 0 N–H and O–H groups in total. The van der Waals surface area contributed by atoms with Gasteiger partial charge in [-0.25, -0.2) is 0 Å². The summed E-state index contributed by atoms with van der Waals surface area (Å²) in [6, 6.07) is 4.51. The van der Waals surface area contributed by atoms with Gasteiger partial charge in [0.05, 0.1) is 12.0 Å². The molecule has 1 rings (SSSR count). The van der Waals surface area contributed by atoms with Crippen molar-refractivity contribution < 1.29 is 14.3 Å². The van der Waals surface area contributed by atoms with Crippen LogP contribution in [0.5, 0.6) is 0 Å². The van der Waals surface area contributed by atoms with Crippen molar-refractivity contribution >= 4 is 11.9 Å². The number of hydrogen-bond acceptors (Lipinski definition) is 3. The molecule has 1 unspecified atom stereocenters. The Balaban J connectivity index is 2.94. The van der Waals surface area contributed by atoms with E-state index < -0.39 is 5.41 Å². The van der Waals surface area contributed by atoms with Gasteiger partial charge in [-0.2, -0.15) is 0 Å². The fourth-order valence-electron chi connectivity index (χ4n) is 4.85. The van der Waals surface area contributed by atoms with E-state index in [1.165, 1.54) is 22.3 Å². The lowest BCUT2D eigenvalue weighted by Gasteiger charge is -2.39. The highest BCUT2D eigenvalue weighted by molar-refractivity contribution is 5.77. The van der Waals surface area contributed by atoms with Gasteiger partial charge in [-0.05, 0) is 102 Å². The minimum atomic E-state index is -0.547. The van der Waals surface area contributed by atoms with Crippen LogP contribution in [0.3, 0.4) is 0 Å². The van der Waals surface area contributed by atoms with Gasteiger partial charge >= 0.3 is 5.97 Å². The predicted molar refractivity (Wildman–Crippen MR) is 143 cm³/mol. The third kappa shape index (κ3) is 8.74. The smallest absolute Gasteiger partial charge is 0.311 e. The highest BCUT2D eigenvalue weighted by Gasteiger charge is 2.31. The molecule has 1 aromatic rings. The molecule has 0 aromatic heterocycles. The van der Waals surface area contributed by atoms with E-state index in [1.807, 2.05) is 20.8 Å². The molecule has 194 valence electrons. The normalized spacial score (nSPS) is 13.0. The number of ether oxygens (including phenoxy) is 1. The molecule has 0 saturated carbocycles. The highest BCUT2D eigenvalue weighted by atomic mass is 16.5. The summed E-state index contributed by atoms with van der Waals surface area (Å²) in [6.45, 7) is 22.2. The molecule has 0 heterocycles. The Morgan fingerprint density at radius 2 is 1.62 bits per heavy atom. The molecular formula is C30H51NO3. The zero-order valence-corrected chi connectivity index (χ0v) is 23.8. The molecule has 0 aliphatic heterocycles. The van der Waals surface area contributed by atoms with Crippen molar-refractivity contribution in [3.63, 3.8) is 0 Å². The molecular weight excluding hydrogens is 422 g/mol. The molecule has 1 atom stereocenters. The molecule has 0 saturated heterocycles. The molecule has 1 amide bonds. The maximum absolute atomic E-state index is 13.2. The number of hydrogen-bond donors (Lipinski definition) is 0. The second-order valence-corrected chi connectivity index (χ2v) is 11.4. The first-order valence-corrected chi connectivity index (χ1v) is 13.4. The van der Waals surface area contributed by atoms with Crippen LogP contribution in [0, 0.1) is 25.2 Å². The Morgan fingerprint density at radius 3 is 2.12 bits per heavy atom. The summed E-state index contributed by atoms with van der Waals surface area (Å²) in [5.41, 5.74) is 4.32. The van der Waals surface area contributed by atoms with Crippen molar-refractivity contribution in [2.75, 3.05) is 13.2 Å². The van der Waals surface area contributed by atoms with Gasteiger partial charge in [0.25, 0.3) is 0 Å². The Labute approximate surface area is 209 Å². The van der Waals surface area contributed by atoms with E-state index in [1.54, 1.807) is 0 Å². The van der Waals surface area contributed by atoms with Crippen molar-refractivity contribution in [1.82, 2.24) is 4.90 Å². The zero-order valence-electron chi connectivity index (χ0n) is 23.8. The number of benzene rings is 1. The van der Waals surface area contributed by atoms with E-state index in [9.17, 15) is 9.59 Å². The van der Waals surface area contributed by atoms with Crippen molar-refractivity contribution in [1.29, 1.82) is 0 Å². The van der Waals surface area contributed by atoms with Crippen LogP contribution in [-0.2, 0) is 27.2 Å². The number of carbonyl (C=O) groups excluding carboxylic acids is 2. The van der Waals surface area contributed by atoms with Crippen molar-refractivity contribution in [3.8, 4) is 0 Å². The number of aryl methyl sites for hydroxylation is 3. The molecule has 0 aliphatic carbocycles. The molecule has 0 bridgehead atoms. The van der Waals surface area contributed by atoms with Gasteiger partial charge in [0.2, 0.25) is 5.91 Å². The van der Waals surface area contributed by atoms with E-state index in [2.05, 4.69) is 65.5 Å². The summed E-state index contributed by atoms with van der Waals surface area (Å²) < 4.78 is 5.28. The Morgan fingerprint density at radius 1 is 1.03 bits per heavy atom. The van der Waals surface area contributed by atoms with E-state index in [4.69, 9.17) is 4.74 Å². The Hall–Kier alpha value is -1.84. The summed E-state index contributed by atoms with van der Waals surface area (Å²) in [7, 11) is 0. The van der Waals surface area contributed by atoms with Crippen LogP contribution in [0.1, 0.15) is 110 Å². The third-order valence-electron chi connectivity index (χ3n) is 7.16. The SMILES string of the molecule is CCCC(C)(C)N(CCCc1cc(C)c(CC(C)(C)C(=O)OCC)c(C)c1)C(=O)CC(C)CC.